The normalized spacial score (nSPS) is 27.8. The Labute approximate surface area is 123 Å². The lowest BCUT2D eigenvalue weighted by Crippen LogP contribution is -2.32. The summed E-state index contributed by atoms with van der Waals surface area (Å²) >= 11 is 0. The number of fused-ring (bicyclic) bond motifs is 2. The Kier molecular flexibility index (Phi) is 2.82. The minimum Gasteiger partial charge on any atom is -0.316 e. The van der Waals surface area contributed by atoms with Crippen LogP contribution in [-0.4, -0.2) is 32.5 Å². The first kappa shape index (κ1) is 13.2. The molecule has 2 atom stereocenters. The molecule has 1 aromatic carbocycles. The van der Waals surface area contributed by atoms with Gasteiger partial charge in [-0.05, 0) is 49.5 Å². The molecule has 1 aliphatic carbocycles. The molecule has 2 N–H and O–H groups in total. The Morgan fingerprint density at radius 3 is 2.81 bits per heavy atom. The summed E-state index contributed by atoms with van der Waals surface area (Å²) in [5.41, 5.74) is 1.56. The fourth-order valence-corrected chi connectivity index (χ4v) is 4.81. The van der Waals surface area contributed by atoms with E-state index in [0.29, 0.717) is 17.4 Å². The third-order valence-corrected chi connectivity index (χ3v) is 5.97. The quantitative estimate of drug-likeness (QED) is 0.889. The number of hydrogen-bond acceptors (Lipinski definition) is 4. The number of para-hydroxylation sites is 1. The van der Waals surface area contributed by atoms with E-state index < -0.39 is 10.0 Å². The molecule has 0 bridgehead atoms. The fraction of sp³-hybridized carbons (Fsp3) is 0.400. The van der Waals surface area contributed by atoms with E-state index in [1.54, 1.807) is 18.3 Å². The number of rotatable bonds is 3. The highest BCUT2D eigenvalue weighted by atomic mass is 32.2. The summed E-state index contributed by atoms with van der Waals surface area (Å²) in [4.78, 5) is 4.59. The molecule has 2 heterocycles. The molecule has 0 radical (unpaired) electrons. The molecule has 1 aliphatic heterocycles. The highest BCUT2D eigenvalue weighted by molar-refractivity contribution is 7.89. The van der Waals surface area contributed by atoms with Gasteiger partial charge in [0.05, 0.1) is 5.52 Å². The van der Waals surface area contributed by atoms with Crippen molar-refractivity contribution in [2.24, 2.45) is 11.8 Å². The number of sulfonamides is 1. The summed E-state index contributed by atoms with van der Waals surface area (Å²) in [7, 11) is -3.52. The van der Waals surface area contributed by atoms with Crippen molar-refractivity contribution in [1.29, 1.82) is 0 Å². The van der Waals surface area contributed by atoms with Gasteiger partial charge in [-0.15, -0.1) is 0 Å². The minimum atomic E-state index is -3.52. The molecule has 2 unspecified atom stereocenters. The van der Waals surface area contributed by atoms with Crippen LogP contribution < -0.4 is 10.0 Å². The molecule has 1 aromatic heterocycles. The van der Waals surface area contributed by atoms with E-state index in [9.17, 15) is 8.42 Å². The standard InChI is InChI=1S/C15H17N3O2S/c1-9-5-10-3-2-4-13(14(10)17-6-9)21(19,20)18-15-11-7-16-8-12(11)15/h2-6,11-12,15-16,18H,7-8H2,1H3. The third kappa shape index (κ3) is 2.14. The molecule has 0 amide bonds. The van der Waals surface area contributed by atoms with E-state index in [1.807, 2.05) is 19.1 Å². The molecule has 6 heteroatoms. The summed E-state index contributed by atoms with van der Waals surface area (Å²) in [6.45, 7) is 3.76. The second-order valence-electron chi connectivity index (χ2n) is 5.97. The second kappa shape index (κ2) is 4.50. The monoisotopic (exact) mass is 303 g/mol. The third-order valence-electron chi connectivity index (χ3n) is 4.48. The van der Waals surface area contributed by atoms with Gasteiger partial charge in [-0.3, -0.25) is 4.98 Å². The number of nitrogens with one attached hydrogen (secondary N) is 2. The van der Waals surface area contributed by atoms with Crippen LogP contribution >= 0.6 is 0 Å². The number of hydrogen-bond donors (Lipinski definition) is 2. The Morgan fingerprint density at radius 2 is 2.05 bits per heavy atom. The van der Waals surface area contributed by atoms with E-state index in [2.05, 4.69) is 15.0 Å². The summed E-state index contributed by atoms with van der Waals surface area (Å²) in [6.07, 6.45) is 1.71. The predicted octanol–water partition coefficient (Wildman–Crippen LogP) is 1.04. The summed E-state index contributed by atoms with van der Waals surface area (Å²) in [5, 5.41) is 4.12. The van der Waals surface area contributed by atoms with Crippen LogP contribution in [0.2, 0.25) is 0 Å². The lowest BCUT2D eigenvalue weighted by atomic mass is 10.2. The molecule has 4 rings (SSSR count). The number of nitrogens with zero attached hydrogens (tertiary/aromatic N) is 1. The average Bonchev–Trinajstić information content (AvgIpc) is 2.87. The first-order valence-electron chi connectivity index (χ1n) is 7.15. The zero-order chi connectivity index (χ0) is 14.6. The van der Waals surface area contributed by atoms with Crippen molar-refractivity contribution in [2.75, 3.05) is 13.1 Å². The summed E-state index contributed by atoms with van der Waals surface area (Å²) < 4.78 is 28.1. The van der Waals surface area contributed by atoms with Crippen LogP contribution in [-0.2, 0) is 10.0 Å². The number of aromatic nitrogens is 1. The Balaban J connectivity index is 1.72. The highest BCUT2D eigenvalue weighted by Crippen LogP contribution is 2.42. The van der Waals surface area contributed by atoms with Crippen molar-refractivity contribution in [3.63, 3.8) is 0 Å². The van der Waals surface area contributed by atoms with Crippen molar-refractivity contribution in [3.8, 4) is 0 Å². The molecule has 1 saturated heterocycles. The molecular formula is C15H17N3O2S. The van der Waals surface area contributed by atoms with Gasteiger partial charge < -0.3 is 5.32 Å². The van der Waals surface area contributed by atoms with E-state index in [1.165, 1.54) is 0 Å². The van der Waals surface area contributed by atoms with Crippen molar-refractivity contribution in [1.82, 2.24) is 15.0 Å². The van der Waals surface area contributed by atoms with E-state index >= 15 is 0 Å². The van der Waals surface area contributed by atoms with Gasteiger partial charge >= 0.3 is 0 Å². The van der Waals surface area contributed by atoms with Gasteiger partial charge in [0, 0.05) is 17.6 Å². The van der Waals surface area contributed by atoms with Crippen LogP contribution in [0.3, 0.4) is 0 Å². The molecule has 1 saturated carbocycles. The molecule has 2 fully saturated rings. The van der Waals surface area contributed by atoms with Gasteiger partial charge in [0.25, 0.3) is 0 Å². The number of piperidine rings is 1. The van der Waals surface area contributed by atoms with Crippen LogP contribution in [0.25, 0.3) is 10.9 Å². The van der Waals surface area contributed by atoms with E-state index in [4.69, 9.17) is 0 Å². The molecule has 21 heavy (non-hydrogen) atoms. The van der Waals surface area contributed by atoms with Crippen molar-refractivity contribution in [3.05, 3.63) is 36.0 Å². The largest absolute Gasteiger partial charge is 0.316 e. The van der Waals surface area contributed by atoms with Gasteiger partial charge in [0.2, 0.25) is 10.0 Å². The molecule has 5 nitrogen and oxygen atoms in total. The zero-order valence-corrected chi connectivity index (χ0v) is 12.5. The van der Waals surface area contributed by atoms with Crippen LogP contribution in [0.5, 0.6) is 0 Å². The van der Waals surface area contributed by atoms with Crippen LogP contribution in [0.1, 0.15) is 5.56 Å². The summed E-state index contributed by atoms with van der Waals surface area (Å²) in [5.74, 6) is 0.898. The maximum absolute atomic E-state index is 12.6. The van der Waals surface area contributed by atoms with Crippen molar-refractivity contribution >= 4 is 20.9 Å². The fourth-order valence-electron chi connectivity index (χ4n) is 3.30. The van der Waals surface area contributed by atoms with Gasteiger partial charge in [0.1, 0.15) is 4.90 Å². The smallest absolute Gasteiger partial charge is 0.243 e. The SMILES string of the molecule is Cc1cnc2c(S(=O)(=O)NC3C4CNCC43)cccc2c1. The van der Waals surface area contributed by atoms with Gasteiger partial charge in [0.15, 0.2) is 0 Å². The molecule has 110 valence electrons. The molecule has 2 aliphatic rings. The summed E-state index contributed by atoms with van der Waals surface area (Å²) in [6, 6.07) is 7.33. The Morgan fingerprint density at radius 1 is 1.29 bits per heavy atom. The van der Waals surface area contributed by atoms with Gasteiger partial charge in [-0.2, -0.15) is 0 Å². The predicted molar refractivity (Wildman–Crippen MR) is 80.4 cm³/mol. The van der Waals surface area contributed by atoms with Crippen molar-refractivity contribution < 1.29 is 8.42 Å². The highest BCUT2D eigenvalue weighted by Gasteiger charge is 2.54. The second-order valence-corrected chi connectivity index (χ2v) is 7.66. The number of aryl methyl sites for hydroxylation is 1. The topological polar surface area (TPSA) is 71.1 Å². The van der Waals surface area contributed by atoms with E-state index in [0.717, 1.165) is 24.0 Å². The van der Waals surface area contributed by atoms with Crippen LogP contribution in [0.4, 0.5) is 0 Å². The lowest BCUT2D eigenvalue weighted by Gasteiger charge is -2.11. The van der Waals surface area contributed by atoms with E-state index in [-0.39, 0.29) is 10.9 Å². The van der Waals surface area contributed by atoms with Crippen LogP contribution in [0, 0.1) is 18.8 Å². The first-order valence-corrected chi connectivity index (χ1v) is 8.63. The first-order chi connectivity index (χ1) is 10.1. The lowest BCUT2D eigenvalue weighted by molar-refractivity contribution is 0.566. The maximum Gasteiger partial charge on any atom is 0.243 e. The zero-order valence-electron chi connectivity index (χ0n) is 11.7. The average molecular weight is 303 g/mol. The van der Waals surface area contributed by atoms with Gasteiger partial charge in [-0.1, -0.05) is 12.1 Å². The van der Waals surface area contributed by atoms with Crippen LogP contribution in [0.15, 0.2) is 35.4 Å². The van der Waals surface area contributed by atoms with Crippen molar-refractivity contribution in [2.45, 2.75) is 17.9 Å². The minimum absolute atomic E-state index is 0.0805. The Bertz CT molecular complexity index is 809. The number of benzene rings is 1. The van der Waals surface area contributed by atoms with Gasteiger partial charge in [-0.25, -0.2) is 13.1 Å². The maximum atomic E-state index is 12.6. The number of pyridine rings is 1. The Hall–Kier alpha value is -1.50. The molecular weight excluding hydrogens is 286 g/mol. The molecule has 2 aromatic rings. The molecule has 0 spiro atoms.